The van der Waals surface area contributed by atoms with Gasteiger partial charge in [0, 0.05) is 12.7 Å². The first kappa shape index (κ1) is 22.8. The molecule has 0 spiro atoms. The third-order valence-electron chi connectivity index (χ3n) is 2.93. The molecule has 0 unspecified atom stereocenters. The first-order valence-corrected chi connectivity index (χ1v) is 10.9. The van der Waals surface area contributed by atoms with Crippen LogP contribution in [0.1, 0.15) is 12.8 Å². The van der Waals surface area contributed by atoms with Gasteiger partial charge in [0.1, 0.15) is 5.69 Å². The van der Waals surface area contributed by atoms with Gasteiger partial charge in [-0.05, 0) is 25.0 Å². The van der Waals surface area contributed by atoms with Gasteiger partial charge in [-0.25, -0.2) is 0 Å². The van der Waals surface area contributed by atoms with Crippen LogP contribution in [0.3, 0.4) is 0 Å². The molecular formula is C14H22Cl3N5Pd. The Balaban J connectivity index is 0.00000112. The quantitative estimate of drug-likeness (QED) is 0.343. The van der Waals surface area contributed by atoms with Crippen LogP contribution in [0.2, 0.25) is 0 Å². The van der Waals surface area contributed by atoms with E-state index in [1.807, 2.05) is 29.1 Å². The number of quaternary nitrogens is 1. The van der Waals surface area contributed by atoms with Crippen LogP contribution in [-0.2, 0) is 22.5 Å². The summed E-state index contributed by atoms with van der Waals surface area (Å²) in [5.74, 6) is 0. The second kappa shape index (κ2) is 12.2. The van der Waals surface area contributed by atoms with Crippen molar-refractivity contribution >= 4 is 19.1 Å². The minimum absolute atomic E-state index is 0. The molecule has 0 saturated carbocycles. The van der Waals surface area contributed by atoms with Gasteiger partial charge in [0.05, 0.1) is 39.6 Å². The summed E-state index contributed by atoms with van der Waals surface area (Å²) in [6.45, 7) is 2.10. The Hall–Kier alpha value is -0.218. The van der Waals surface area contributed by atoms with Crippen LogP contribution in [0.5, 0.6) is 0 Å². The fraction of sp³-hybridized carbons (Fsp3) is 0.500. The molecule has 0 atom stereocenters. The molecule has 0 N–H and O–H groups in total. The zero-order valence-corrected chi connectivity index (χ0v) is 17.2. The molecule has 0 aliphatic rings. The number of aryl methyl sites for hydroxylation is 1. The van der Waals surface area contributed by atoms with Gasteiger partial charge in [-0.15, -0.1) is 5.10 Å². The van der Waals surface area contributed by atoms with Gasteiger partial charge in [0.15, 0.2) is 0 Å². The standard InChI is InChI=1S/C14H22N5.3ClH.Pd/c1-19(2,3)11-7-6-10-18-12-14(16-17-18)13-8-4-5-9-15-13;;;;/h4-5,8-9,12H,6-7,10-11H2,1-3H3;3*1H;/q+1;;;;+2/p-3. The molecule has 0 fully saturated rings. The Kier molecular flexibility index (Phi) is 12.1. The van der Waals surface area contributed by atoms with E-state index in [4.69, 9.17) is 19.1 Å². The molecule has 134 valence electrons. The van der Waals surface area contributed by atoms with E-state index in [2.05, 4.69) is 36.4 Å². The molecule has 2 rings (SSSR count). The van der Waals surface area contributed by atoms with E-state index in [-0.39, 0.29) is 28.3 Å². The molecule has 0 saturated heterocycles. The molecular weight excluding hydrogens is 451 g/mol. The topological polar surface area (TPSA) is 43.6 Å². The van der Waals surface area contributed by atoms with E-state index in [1.54, 1.807) is 6.20 Å². The maximum absolute atomic E-state index is 4.81. The number of rotatable bonds is 6. The third kappa shape index (κ3) is 10.3. The number of unbranched alkanes of at least 4 members (excludes halogenated alkanes) is 1. The first-order valence-electron chi connectivity index (χ1n) is 6.90. The van der Waals surface area contributed by atoms with E-state index < -0.39 is 0 Å². The fourth-order valence-corrected chi connectivity index (χ4v) is 1.90. The zero-order chi connectivity index (χ0) is 16.4. The maximum atomic E-state index is 4.81. The summed E-state index contributed by atoms with van der Waals surface area (Å²) in [5.41, 5.74) is 1.72. The number of hydrogen-bond acceptors (Lipinski definition) is 3. The summed E-state index contributed by atoms with van der Waals surface area (Å²) < 4.78 is 2.91. The molecule has 2 heterocycles. The normalized spacial score (nSPS) is 10.7. The molecule has 2 aromatic heterocycles. The Morgan fingerprint density at radius 2 is 1.83 bits per heavy atom. The molecule has 5 nitrogen and oxygen atoms in total. The number of aromatic nitrogens is 4. The van der Waals surface area contributed by atoms with E-state index in [0.717, 1.165) is 28.8 Å². The average Bonchev–Trinajstić information content (AvgIpc) is 2.93. The molecule has 0 aliphatic heterocycles. The van der Waals surface area contributed by atoms with Gasteiger partial charge >= 0.3 is 35.0 Å². The summed E-state index contributed by atoms with van der Waals surface area (Å²) in [4.78, 5) is 4.27. The second-order valence-corrected chi connectivity index (χ2v) is 8.21. The summed E-state index contributed by atoms with van der Waals surface area (Å²) in [5, 5.41) is 8.31. The number of pyridine rings is 1. The Labute approximate surface area is 160 Å². The number of halogens is 3. The minimum atomic E-state index is -0.106. The van der Waals surface area contributed by atoms with Crippen LogP contribution in [0.4, 0.5) is 0 Å². The zero-order valence-electron chi connectivity index (χ0n) is 13.4. The van der Waals surface area contributed by atoms with Crippen molar-refractivity contribution < 1.29 is 32.8 Å². The third-order valence-corrected chi connectivity index (χ3v) is 2.93. The van der Waals surface area contributed by atoms with Crippen LogP contribution < -0.4 is 12.4 Å². The molecule has 0 radical (unpaired) electrons. The van der Waals surface area contributed by atoms with Crippen molar-refractivity contribution in [3.8, 4) is 11.4 Å². The van der Waals surface area contributed by atoms with Crippen molar-refractivity contribution in [3.63, 3.8) is 0 Å². The summed E-state index contributed by atoms with van der Waals surface area (Å²) in [6, 6.07) is 5.81. The van der Waals surface area contributed by atoms with Gasteiger partial charge in [-0.1, -0.05) is 11.3 Å². The predicted molar refractivity (Wildman–Crippen MR) is 87.1 cm³/mol. The van der Waals surface area contributed by atoms with Crippen molar-refractivity contribution in [2.75, 3.05) is 27.7 Å². The molecule has 0 aromatic carbocycles. The summed E-state index contributed by atoms with van der Waals surface area (Å²) in [6.07, 6.45) is 6.06. The van der Waals surface area contributed by atoms with Gasteiger partial charge < -0.3 is 16.9 Å². The predicted octanol–water partition coefficient (Wildman–Crippen LogP) is 0.207. The molecule has 2 aromatic rings. The van der Waals surface area contributed by atoms with Gasteiger partial charge in [-0.3, -0.25) is 9.67 Å². The van der Waals surface area contributed by atoms with E-state index in [1.165, 1.54) is 13.0 Å². The van der Waals surface area contributed by atoms with Crippen LogP contribution in [0.15, 0.2) is 30.6 Å². The Morgan fingerprint density at radius 3 is 2.39 bits per heavy atom. The van der Waals surface area contributed by atoms with Gasteiger partial charge in [-0.2, -0.15) is 0 Å². The molecule has 0 aliphatic carbocycles. The van der Waals surface area contributed by atoms with E-state index in [9.17, 15) is 0 Å². The molecule has 0 bridgehead atoms. The Morgan fingerprint density at radius 1 is 1.13 bits per heavy atom. The van der Waals surface area contributed by atoms with Crippen molar-refractivity contribution in [1.82, 2.24) is 20.0 Å². The van der Waals surface area contributed by atoms with Gasteiger partial charge in [0.25, 0.3) is 0 Å². The summed E-state index contributed by atoms with van der Waals surface area (Å²) >= 11 is -0.106. The average molecular weight is 473 g/mol. The fourth-order valence-electron chi connectivity index (χ4n) is 1.90. The van der Waals surface area contributed by atoms with Crippen molar-refractivity contribution in [2.45, 2.75) is 19.4 Å². The van der Waals surface area contributed by atoms with Crippen molar-refractivity contribution in [2.24, 2.45) is 0 Å². The van der Waals surface area contributed by atoms with Crippen molar-refractivity contribution in [3.05, 3.63) is 30.6 Å². The van der Waals surface area contributed by atoms with Crippen molar-refractivity contribution in [1.29, 1.82) is 0 Å². The van der Waals surface area contributed by atoms with E-state index in [0.29, 0.717) is 0 Å². The van der Waals surface area contributed by atoms with Gasteiger partial charge in [0.2, 0.25) is 0 Å². The summed E-state index contributed by atoms with van der Waals surface area (Å²) in [7, 11) is 16.3. The van der Waals surface area contributed by atoms with Crippen LogP contribution >= 0.6 is 19.1 Å². The molecule has 0 amide bonds. The Bertz CT molecular complexity index is 531. The second-order valence-electron chi connectivity index (χ2n) is 5.85. The van der Waals surface area contributed by atoms with E-state index >= 15 is 0 Å². The molecule has 23 heavy (non-hydrogen) atoms. The van der Waals surface area contributed by atoms with Crippen LogP contribution in [0.25, 0.3) is 11.4 Å². The van der Waals surface area contributed by atoms with Crippen LogP contribution in [0, 0.1) is 0 Å². The molecule has 9 heteroatoms. The monoisotopic (exact) mass is 471 g/mol. The number of nitrogens with zero attached hydrogens (tertiary/aromatic N) is 5. The number of hydrogen-bond donors (Lipinski definition) is 0. The van der Waals surface area contributed by atoms with Crippen LogP contribution in [-0.4, -0.2) is 52.1 Å². The first-order chi connectivity index (χ1) is 10.5. The SMILES string of the molecule is C[N+](C)(C)CCCCn1cc(-c2ccccn2)nn1.[Cl-].[Cl][Pd][Cl].